The van der Waals surface area contributed by atoms with Crippen molar-refractivity contribution in [3.8, 4) is 5.75 Å². The lowest BCUT2D eigenvalue weighted by Crippen LogP contribution is -2.05. The van der Waals surface area contributed by atoms with E-state index in [9.17, 15) is 4.79 Å². The van der Waals surface area contributed by atoms with Crippen LogP contribution in [0.15, 0.2) is 40.9 Å². The van der Waals surface area contributed by atoms with Gasteiger partial charge >= 0.3 is 0 Å². The summed E-state index contributed by atoms with van der Waals surface area (Å²) in [4.78, 5) is 12.6. The summed E-state index contributed by atoms with van der Waals surface area (Å²) in [5, 5.41) is 0. The van der Waals surface area contributed by atoms with E-state index in [2.05, 4.69) is 15.9 Å². The van der Waals surface area contributed by atoms with Gasteiger partial charge in [-0.25, -0.2) is 0 Å². The number of hydrogen-bond acceptors (Lipinski definition) is 2. The highest BCUT2D eigenvalue weighted by atomic mass is 79.9. The fourth-order valence-electron chi connectivity index (χ4n) is 2.56. The van der Waals surface area contributed by atoms with Gasteiger partial charge in [0.25, 0.3) is 0 Å². The largest absolute Gasteiger partial charge is 0.490 e. The molecular weight excluding hydrogens is 316 g/mol. The molecule has 0 saturated heterocycles. The third kappa shape index (κ3) is 2.38. The Balaban J connectivity index is 1.99. The van der Waals surface area contributed by atoms with Crippen LogP contribution in [0, 0.1) is 6.92 Å². The van der Waals surface area contributed by atoms with Gasteiger partial charge in [0, 0.05) is 22.0 Å². The molecular formula is C17H15BrO2. The van der Waals surface area contributed by atoms with E-state index in [1.54, 1.807) is 0 Å². The van der Waals surface area contributed by atoms with E-state index in [1.165, 1.54) is 0 Å². The van der Waals surface area contributed by atoms with Crippen molar-refractivity contribution in [3.05, 3.63) is 63.1 Å². The fourth-order valence-corrected chi connectivity index (χ4v) is 2.92. The monoisotopic (exact) mass is 330 g/mol. The summed E-state index contributed by atoms with van der Waals surface area (Å²) in [5.74, 6) is 0.964. The summed E-state index contributed by atoms with van der Waals surface area (Å²) in [6.45, 7) is 4.00. The smallest absolute Gasteiger partial charge is 0.193 e. The summed E-state index contributed by atoms with van der Waals surface area (Å²) >= 11 is 3.42. The standard InChI is InChI=1S/C17H15BrO2/c1-10-3-5-14(18)9-15(10)17(19)12-4-6-16-13(8-12)7-11(2)20-16/h3-6,8-9,11H,7H2,1-2H3. The second-order valence-corrected chi connectivity index (χ2v) is 6.16. The Morgan fingerprint density at radius 1 is 1.25 bits per heavy atom. The minimum Gasteiger partial charge on any atom is -0.490 e. The van der Waals surface area contributed by atoms with Crippen LogP contribution in [-0.2, 0) is 6.42 Å². The van der Waals surface area contributed by atoms with Crippen LogP contribution in [0.25, 0.3) is 0 Å². The lowest BCUT2D eigenvalue weighted by Gasteiger charge is -2.07. The number of halogens is 1. The van der Waals surface area contributed by atoms with Crippen LogP contribution in [0.5, 0.6) is 5.75 Å². The van der Waals surface area contributed by atoms with Gasteiger partial charge in [0.2, 0.25) is 0 Å². The number of carbonyl (C=O) groups is 1. The molecule has 1 aliphatic heterocycles. The van der Waals surface area contributed by atoms with Gasteiger partial charge in [-0.2, -0.15) is 0 Å². The van der Waals surface area contributed by atoms with Gasteiger partial charge in [-0.05, 0) is 55.3 Å². The lowest BCUT2D eigenvalue weighted by molar-refractivity contribution is 0.103. The maximum absolute atomic E-state index is 12.6. The Kier molecular flexibility index (Phi) is 3.38. The first-order chi connectivity index (χ1) is 9.54. The molecule has 1 unspecified atom stereocenters. The Bertz CT molecular complexity index is 691. The molecule has 0 fully saturated rings. The number of ether oxygens (including phenoxy) is 1. The molecule has 0 spiro atoms. The van der Waals surface area contributed by atoms with Crippen molar-refractivity contribution in [2.24, 2.45) is 0 Å². The topological polar surface area (TPSA) is 26.3 Å². The van der Waals surface area contributed by atoms with Crippen LogP contribution >= 0.6 is 15.9 Å². The molecule has 0 radical (unpaired) electrons. The first-order valence-corrected chi connectivity index (χ1v) is 7.44. The molecule has 0 bridgehead atoms. The van der Waals surface area contributed by atoms with E-state index < -0.39 is 0 Å². The zero-order valence-corrected chi connectivity index (χ0v) is 13.0. The number of rotatable bonds is 2. The molecule has 3 rings (SSSR count). The van der Waals surface area contributed by atoms with Crippen molar-refractivity contribution >= 4 is 21.7 Å². The van der Waals surface area contributed by atoms with E-state index in [-0.39, 0.29) is 11.9 Å². The van der Waals surface area contributed by atoms with Crippen LogP contribution in [0.3, 0.4) is 0 Å². The van der Waals surface area contributed by atoms with E-state index >= 15 is 0 Å². The summed E-state index contributed by atoms with van der Waals surface area (Å²) < 4.78 is 6.59. The van der Waals surface area contributed by atoms with Gasteiger partial charge in [0.1, 0.15) is 11.9 Å². The minimum absolute atomic E-state index is 0.0613. The van der Waals surface area contributed by atoms with E-state index in [0.29, 0.717) is 0 Å². The zero-order chi connectivity index (χ0) is 14.3. The predicted octanol–water partition coefficient (Wildman–Crippen LogP) is 4.31. The molecule has 0 amide bonds. The maximum atomic E-state index is 12.6. The van der Waals surface area contributed by atoms with Crippen LogP contribution in [-0.4, -0.2) is 11.9 Å². The van der Waals surface area contributed by atoms with Crippen molar-refractivity contribution in [3.63, 3.8) is 0 Å². The third-order valence-corrected chi connectivity index (χ3v) is 4.10. The quantitative estimate of drug-likeness (QED) is 0.767. The molecule has 0 saturated carbocycles. The van der Waals surface area contributed by atoms with Crippen molar-refractivity contribution in [1.82, 2.24) is 0 Å². The second-order valence-electron chi connectivity index (χ2n) is 5.24. The molecule has 0 aromatic heterocycles. The van der Waals surface area contributed by atoms with Gasteiger partial charge < -0.3 is 4.74 Å². The van der Waals surface area contributed by atoms with Gasteiger partial charge in [0.05, 0.1) is 0 Å². The summed E-state index contributed by atoms with van der Waals surface area (Å²) in [6.07, 6.45) is 1.07. The Hall–Kier alpha value is -1.61. The normalized spacial score (nSPS) is 16.6. The number of aryl methyl sites for hydroxylation is 1. The van der Waals surface area contributed by atoms with Crippen LogP contribution in [0.1, 0.15) is 34.0 Å². The van der Waals surface area contributed by atoms with E-state index in [1.807, 2.05) is 50.2 Å². The molecule has 1 atom stereocenters. The molecule has 1 aliphatic rings. The number of benzene rings is 2. The third-order valence-electron chi connectivity index (χ3n) is 3.60. The molecule has 2 aromatic carbocycles. The predicted molar refractivity (Wildman–Crippen MR) is 82.5 cm³/mol. The highest BCUT2D eigenvalue weighted by Crippen LogP contribution is 2.30. The molecule has 0 N–H and O–H groups in total. The number of fused-ring (bicyclic) bond motifs is 1. The SMILES string of the molecule is Cc1ccc(Br)cc1C(=O)c1ccc2c(c1)CC(C)O2. The average molecular weight is 331 g/mol. The Morgan fingerprint density at radius 2 is 2.05 bits per heavy atom. The van der Waals surface area contributed by atoms with Gasteiger partial charge in [0.15, 0.2) is 5.78 Å². The van der Waals surface area contributed by atoms with E-state index in [0.717, 1.165) is 38.9 Å². The number of carbonyl (C=O) groups excluding carboxylic acids is 1. The van der Waals surface area contributed by atoms with Gasteiger partial charge in [-0.3, -0.25) is 4.79 Å². The Morgan fingerprint density at radius 3 is 2.85 bits per heavy atom. The number of hydrogen-bond donors (Lipinski definition) is 0. The first kappa shape index (κ1) is 13.4. The molecule has 1 heterocycles. The number of ketones is 1. The average Bonchev–Trinajstić information content (AvgIpc) is 2.79. The molecule has 3 heteroatoms. The van der Waals surface area contributed by atoms with Crippen molar-refractivity contribution in [1.29, 1.82) is 0 Å². The van der Waals surface area contributed by atoms with Crippen LogP contribution in [0.2, 0.25) is 0 Å². The first-order valence-electron chi connectivity index (χ1n) is 6.65. The summed E-state index contributed by atoms with van der Waals surface area (Å²) in [6, 6.07) is 11.5. The molecule has 2 aromatic rings. The highest BCUT2D eigenvalue weighted by molar-refractivity contribution is 9.10. The zero-order valence-electron chi connectivity index (χ0n) is 11.4. The summed E-state index contributed by atoms with van der Waals surface area (Å²) in [7, 11) is 0. The second kappa shape index (κ2) is 5.06. The van der Waals surface area contributed by atoms with E-state index in [4.69, 9.17) is 4.74 Å². The van der Waals surface area contributed by atoms with Crippen molar-refractivity contribution < 1.29 is 9.53 Å². The molecule has 20 heavy (non-hydrogen) atoms. The molecule has 0 aliphatic carbocycles. The molecule has 102 valence electrons. The summed E-state index contributed by atoms with van der Waals surface area (Å²) in [5.41, 5.74) is 3.58. The van der Waals surface area contributed by atoms with Crippen molar-refractivity contribution in [2.45, 2.75) is 26.4 Å². The Labute approximate surface area is 126 Å². The van der Waals surface area contributed by atoms with Crippen LogP contribution < -0.4 is 4.74 Å². The van der Waals surface area contributed by atoms with Crippen LogP contribution in [0.4, 0.5) is 0 Å². The maximum Gasteiger partial charge on any atom is 0.193 e. The molecule has 2 nitrogen and oxygen atoms in total. The lowest BCUT2D eigenvalue weighted by atomic mass is 9.97. The minimum atomic E-state index is 0.0613. The van der Waals surface area contributed by atoms with Crippen molar-refractivity contribution in [2.75, 3.05) is 0 Å². The van der Waals surface area contributed by atoms with Gasteiger partial charge in [-0.15, -0.1) is 0 Å². The van der Waals surface area contributed by atoms with Gasteiger partial charge in [-0.1, -0.05) is 22.0 Å². The highest BCUT2D eigenvalue weighted by Gasteiger charge is 2.21. The fraction of sp³-hybridized carbons (Fsp3) is 0.235.